The minimum atomic E-state index is -3.52. The van der Waals surface area contributed by atoms with Crippen LogP contribution in [0.2, 0.25) is 0 Å². The zero-order chi connectivity index (χ0) is 18.5. The van der Waals surface area contributed by atoms with Crippen LogP contribution in [0.1, 0.15) is 26.3 Å². The molecular formula is C15H16N2O6S. The summed E-state index contributed by atoms with van der Waals surface area (Å²) in [4.78, 5) is 21.2. The maximum atomic E-state index is 10.7. The fourth-order valence-corrected chi connectivity index (χ4v) is 2.15. The molecule has 2 aromatic rings. The molecule has 0 aliphatic heterocycles. The molecule has 6 N–H and O–H groups in total. The van der Waals surface area contributed by atoms with Crippen molar-refractivity contribution in [3.05, 3.63) is 59.2 Å². The third-order valence-electron chi connectivity index (χ3n) is 2.84. The van der Waals surface area contributed by atoms with Gasteiger partial charge in [-0.25, -0.2) is 18.6 Å². The van der Waals surface area contributed by atoms with E-state index >= 15 is 0 Å². The van der Waals surface area contributed by atoms with Crippen molar-refractivity contribution in [3.63, 3.8) is 0 Å². The summed E-state index contributed by atoms with van der Waals surface area (Å²) in [6.45, 7) is 1.88. The Morgan fingerprint density at radius 3 is 1.92 bits per heavy atom. The van der Waals surface area contributed by atoms with Gasteiger partial charge in [-0.3, -0.25) is 4.55 Å². The molecule has 2 aromatic carbocycles. The first-order chi connectivity index (χ1) is 11.0. The largest absolute Gasteiger partial charge is 0.478 e. The van der Waals surface area contributed by atoms with Crippen LogP contribution in [0.25, 0.3) is 0 Å². The van der Waals surface area contributed by atoms with Gasteiger partial charge in [-0.05, 0) is 37.3 Å². The fourth-order valence-electron chi connectivity index (χ4n) is 1.65. The highest BCUT2D eigenvalue weighted by Gasteiger charge is 2.15. The van der Waals surface area contributed by atoms with Gasteiger partial charge >= 0.3 is 11.9 Å². The minimum absolute atomic E-state index is 0.156. The third kappa shape index (κ3) is 5.38. The molecule has 0 spiro atoms. The molecule has 1 atom stereocenters. The topological polar surface area (TPSA) is 162 Å². The lowest BCUT2D eigenvalue weighted by atomic mass is 10.1. The van der Waals surface area contributed by atoms with E-state index in [9.17, 15) is 13.8 Å². The molecule has 0 fully saturated rings. The van der Waals surface area contributed by atoms with Gasteiger partial charge in [-0.1, -0.05) is 17.7 Å². The van der Waals surface area contributed by atoms with Gasteiger partial charge in [0.15, 0.2) is 10.0 Å². The number of aryl methyl sites for hydroxylation is 1. The SMILES string of the molecule is Cc1ccc(S(=N)(=O)O)cc1.Nc1ccc(C(=O)O)c(C(=O)O)c1. The Hall–Kier alpha value is -2.91. The van der Waals surface area contributed by atoms with Gasteiger partial charge in [0, 0.05) is 5.69 Å². The van der Waals surface area contributed by atoms with E-state index in [1.807, 2.05) is 6.92 Å². The Labute approximate surface area is 138 Å². The molecule has 0 aromatic heterocycles. The van der Waals surface area contributed by atoms with Gasteiger partial charge in [0.2, 0.25) is 0 Å². The lowest BCUT2D eigenvalue weighted by molar-refractivity contribution is 0.0651. The normalized spacial score (nSPS) is 12.4. The molecule has 0 saturated carbocycles. The maximum Gasteiger partial charge on any atom is 0.336 e. The van der Waals surface area contributed by atoms with E-state index in [0.29, 0.717) is 0 Å². The Balaban J connectivity index is 0.000000243. The molecular weight excluding hydrogens is 336 g/mol. The van der Waals surface area contributed by atoms with Gasteiger partial charge in [-0.2, -0.15) is 0 Å². The third-order valence-corrected chi connectivity index (χ3v) is 3.76. The molecule has 1 unspecified atom stereocenters. The number of hydrogen-bond donors (Lipinski definition) is 5. The number of aromatic carboxylic acids is 2. The van der Waals surface area contributed by atoms with Crippen molar-refractivity contribution in [1.29, 1.82) is 4.78 Å². The van der Waals surface area contributed by atoms with Crippen molar-refractivity contribution in [3.8, 4) is 0 Å². The zero-order valence-corrected chi connectivity index (χ0v) is 13.4. The van der Waals surface area contributed by atoms with Crippen LogP contribution >= 0.6 is 0 Å². The van der Waals surface area contributed by atoms with Crippen LogP contribution in [0.15, 0.2) is 47.4 Å². The number of carboxylic acids is 2. The molecule has 0 bridgehead atoms. The van der Waals surface area contributed by atoms with Crippen LogP contribution in [-0.4, -0.2) is 30.9 Å². The van der Waals surface area contributed by atoms with Crippen LogP contribution < -0.4 is 5.73 Å². The molecule has 9 heteroatoms. The summed E-state index contributed by atoms with van der Waals surface area (Å²) < 4.78 is 26.3. The highest BCUT2D eigenvalue weighted by Crippen LogP contribution is 2.13. The van der Waals surface area contributed by atoms with Crippen molar-refractivity contribution >= 4 is 27.6 Å². The van der Waals surface area contributed by atoms with Crippen molar-refractivity contribution in [2.45, 2.75) is 11.8 Å². The summed E-state index contributed by atoms with van der Waals surface area (Å²) >= 11 is 0. The average molecular weight is 352 g/mol. The molecule has 0 heterocycles. The van der Waals surface area contributed by atoms with Crippen LogP contribution in [0.3, 0.4) is 0 Å². The maximum absolute atomic E-state index is 10.7. The molecule has 0 aliphatic carbocycles. The Morgan fingerprint density at radius 2 is 1.50 bits per heavy atom. The van der Waals surface area contributed by atoms with Crippen LogP contribution in [-0.2, 0) is 10.0 Å². The number of anilines is 1. The van der Waals surface area contributed by atoms with Crippen LogP contribution in [0.5, 0.6) is 0 Å². The quantitative estimate of drug-likeness (QED) is 0.530. The van der Waals surface area contributed by atoms with E-state index in [1.165, 1.54) is 24.3 Å². The molecule has 0 amide bonds. The first kappa shape index (κ1) is 19.1. The number of carbonyl (C=O) groups is 2. The van der Waals surface area contributed by atoms with Gasteiger partial charge in [0.05, 0.1) is 16.0 Å². The lowest BCUT2D eigenvalue weighted by Crippen LogP contribution is -2.08. The summed E-state index contributed by atoms with van der Waals surface area (Å²) in [5.74, 6) is -2.58. The van der Waals surface area contributed by atoms with Crippen molar-refractivity contribution in [2.24, 2.45) is 0 Å². The number of nitrogen functional groups attached to an aromatic ring is 1. The molecule has 24 heavy (non-hydrogen) atoms. The number of benzene rings is 2. The zero-order valence-electron chi connectivity index (χ0n) is 12.6. The van der Waals surface area contributed by atoms with Crippen LogP contribution in [0.4, 0.5) is 5.69 Å². The summed E-state index contributed by atoms with van der Waals surface area (Å²) in [5, 5.41) is 17.2. The highest BCUT2D eigenvalue weighted by atomic mass is 32.2. The van der Waals surface area contributed by atoms with Gasteiger partial charge in [-0.15, -0.1) is 0 Å². The second kappa shape index (κ2) is 7.57. The molecule has 2 rings (SSSR count). The predicted molar refractivity (Wildman–Crippen MR) is 87.7 cm³/mol. The number of carboxylic acid groups (broad SMARTS) is 2. The van der Waals surface area contributed by atoms with E-state index in [2.05, 4.69) is 0 Å². The van der Waals surface area contributed by atoms with E-state index in [-0.39, 0.29) is 21.7 Å². The standard InChI is InChI=1S/C8H7NO4.C7H9NO2S/c9-4-1-2-5(7(10)11)6(3-4)8(12)13;1-6-2-4-7(5-3-6)11(8,9)10/h1-3H,9H2,(H,10,11)(H,12,13);2-5H,1H3,(H2,8,9,10). The minimum Gasteiger partial charge on any atom is -0.478 e. The molecule has 128 valence electrons. The molecule has 0 radical (unpaired) electrons. The second-order valence-electron chi connectivity index (χ2n) is 4.75. The monoisotopic (exact) mass is 352 g/mol. The second-order valence-corrected chi connectivity index (χ2v) is 6.28. The predicted octanol–water partition coefficient (Wildman–Crippen LogP) is 2.54. The van der Waals surface area contributed by atoms with Gasteiger partial charge in [0.25, 0.3) is 0 Å². The van der Waals surface area contributed by atoms with Crippen molar-refractivity contribution in [1.82, 2.24) is 0 Å². The molecule has 8 nitrogen and oxygen atoms in total. The summed E-state index contributed by atoms with van der Waals surface area (Å²) in [5.41, 5.74) is 5.98. The number of hydrogen-bond acceptors (Lipinski definition) is 5. The van der Waals surface area contributed by atoms with E-state index in [0.717, 1.165) is 11.6 Å². The molecule has 0 aliphatic rings. The summed E-state index contributed by atoms with van der Waals surface area (Å²) in [7, 11) is -3.52. The number of rotatable bonds is 3. The Bertz CT molecular complexity index is 860. The highest BCUT2D eigenvalue weighted by molar-refractivity contribution is 7.86. The summed E-state index contributed by atoms with van der Waals surface area (Å²) in [6, 6.07) is 10.0. The van der Waals surface area contributed by atoms with E-state index < -0.39 is 21.9 Å². The van der Waals surface area contributed by atoms with E-state index in [1.54, 1.807) is 12.1 Å². The van der Waals surface area contributed by atoms with Crippen molar-refractivity contribution < 1.29 is 28.6 Å². The lowest BCUT2D eigenvalue weighted by Gasteiger charge is -2.01. The fraction of sp³-hybridized carbons (Fsp3) is 0.0667. The number of nitrogens with one attached hydrogen (secondary N) is 1. The molecule has 0 saturated heterocycles. The number of nitrogens with two attached hydrogens (primary N) is 1. The average Bonchev–Trinajstić information content (AvgIpc) is 2.47. The van der Waals surface area contributed by atoms with E-state index in [4.69, 9.17) is 25.3 Å². The summed E-state index contributed by atoms with van der Waals surface area (Å²) in [6.07, 6.45) is 0. The van der Waals surface area contributed by atoms with Crippen LogP contribution in [0, 0.1) is 11.7 Å². The first-order valence-corrected chi connectivity index (χ1v) is 7.98. The Kier molecular flexibility index (Phi) is 6.04. The van der Waals surface area contributed by atoms with Gasteiger partial charge in [0.1, 0.15) is 0 Å². The first-order valence-electron chi connectivity index (χ1n) is 6.46. The van der Waals surface area contributed by atoms with Crippen molar-refractivity contribution in [2.75, 3.05) is 5.73 Å². The Morgan fingerprint density at radius 1 is 1.00 bits per heavy atom. The smallest absolute Gasteiger partial charge is 0.336 e. The van der Waals surface area contributed by atoms with Gasteiger partial charge < -0.3 is 15.9 Å².